The Kier molecular flexibility index (Phi) is 4.41. The van der Waals surface area contributed by atoms with Gasteiger partial charge < -0.3 is 15.3 Å². The Balaban J connectivity index is 0.00000182. The third-order valence-corrected chi connectivity index (χ3v) is 4.30. The fourth-order valence-electron chi connectivity index (χ4n) is 3.13. The van der Waals surface area contributed by atoms with Crippen LogP contribution in [0, 0.1) is 0 Å². The van der Waals surface area contributed by atoms with Crippen molar-refractivity contribution < 1.29 is 5.11 Å². The van der Waals surface area contributed by atoms with E-state index in [4.69, 9.17) is 0 Å². The van der Waals surface area contributed by atoms with Gasteiger partial charge in [0.05, 0.1) is 27.3 Å². The summed E-state index contributed by atoms with van der Waals surface area (Å²) >= 11 is 0. The average molecular weight is 359 g/mol. The molecule has 0 spiro atoms. The molecular formula is C18H19ClN4O2. The SMILES string of the molecule is CN(C)CCNc1ccc2ncn3c4ccc(O)cc4c(=O)c1c23.Cl. The first kappa shape index (κ1) is 17.3. The molecular weight excluding hydrogens is 340 g/mol. The van der Waals surface area contributed by atoms with Crippen LogP contribution in [-0.4, -0.2) is 46.6 Å². The van der Waals surface area contributed by atoms with Gasteiger partial charge in [-0.2, -0.15) is 0 Å². The van der Waals surface area contributed by atoms with Crippen molar-refractivity contribution in [3.05, 3.63) is 46.9 Å². The second-order valence-corrected chi connectivity index (χ2v) is 6.23. The molecule has 0 amide bonds. The molecule has 0 fully saturated rings. The number of anilines is 1. The first-order chi connectivity index (χ1) is 11.6. The van der Waals surface area contributed by atoms with Crippen LogP contribution in [0.25, 0.3) is 27.3 Å². The number of aromatic hydroxyl groups is 1. The van der Waals surface area contributed by atoms with Gasteiger partial charge in [-0.1, -0.05) is 0 Å². The van der Waals surface area contributed by atoms with Gasteiger partial charge in [-0.05, 0) is 44.4 Å². The van der Waals surface area contributed by atoms with Crippen LogP contribution >= 0.6 is 12.4 Å². The maximum absolute atomic E-state index is 13.1. The average Bonchev–Trinajstić information content (AvgIpc) is 2.97. The number of pyridine rings is 1. The molecule has 130 valence electrons. The molecule has 0 aliphatic heterocycles. The molecule has 25 heavy (non-hydrogen) atoms. The topological polar surface area (TPSA) is 69.9 Å². The van der Waals surface area contributed by atoms with Gasteiger partial charge in [-0.3, -0.25) is 9.20 Å². The second kappa shape index (κ2) is 6.38. The van der Waals surface area contributed by atoms with E-state index in [0.29, 0.717) is 10.8 Å². The summed E-state index contributed by atoms with van der Waals surface area (Å²) in [5.41, 5.74) is 3.05. The number of hydrogen-bond donors (Lipinski definition) is 2. The summed E-state index contributed by atoms with van der Waals surface area (Å²) in [7, 11) is 4.02. The zero-order chi connectivity index (χ0) is 16.8. The molecule has 0 saturated carbocycles. The van der Waals surface area contributed by atoms with Gasteiger partial charge in [0.15, 0.2) is 5.43 Å². The van der Waals surface area contributed by atoms with E-state index in [2.05, 4.69) is 15.2 Å². The first-order valence-corrected chi connectivity index (χ1v) is 7.83. The number of hydrogen-bond acceptors (Lipinski definition) is 5. The van der Waals surface area contributed by atoms with Crippen LogP contribution in [0.15, 0.2) is 41.5 Å². The van der Waals surface area contributed by atoms with Gasteiger partial charge in [-0.25, -0.2) is 4.98 Å². The largest absolute Gasteiger partial charge is 0.508 e. The maximum atomic E-state index is 13.1. The molecule has 2 N–H and O–H groups in total. The van der Waals surface area contributed by atoms with Crippen molar-refractivity contribution >= 4 is 45.4 Å². The van der Waals surface area contributed by atoms with E-state index < -0.39 is 0 Å². The molecule has 0 aliphatic carbocycles. The van der Waals surface area contributed by atoms with Crippen molar-refractivity contribution in [2.75, 3.05) is 32.5 Å². The highest BCUT2D eigenvalue weighted by Crippen LogP contribution is 2.29. The summed E-state index contributed by atoms with van der Waals surface area (Å²) < 4.78 is 1.91. The molecule has 2 aromatic carbocycles. The fraction of sp³-hybridized carbons (Fsp3) is 0.222. The number of aromatic nitrogens is 2. The summed E-state index contributed by atoms with van der Waals surface area (Å²) in [6, 6.07) is 8.67. The minimum Gasteiger partial charge on any atom is -0.508 e. The Hall–Kier alpha value is -2.57. The van der Waals surface area contributed by atoms with Crippen molar-refractivity contribution in [3.8, 4) is 5.75 Å². The number of fused-ring (bicyclic) bond motifs is 2. The summed E-state index contributed by atoms with van der Waals surface area (Å²) in [4.78, 5) is 19.5. The van der Waals surface area contributed by atoms with Crippen molar-refractivity contribution in [1.29, 1.82) is 0 Å². The Labute approximate surface area is 150 Å². The molecule has 2 heterocycles. The van der Waals surface area contributed by atoms with E-state index in [1.807, 2.05) is 30.6 Å². The van der Waals surface area contributed by atoms with Gasteiger partial charge in [0.25, 0.3) is 0 Å². The van der Waals surface area contributed by atoms with Crippen molar-refractivity contribution in [1.82, 2.24) is 14.3 Å². The van der Waals surface area contributed by atoms with E-state index in [0.717, 1.165) is 35.3 Å². The molecule has 2 aromatic heterocycles. The number of nitrogens with zero attached hydrogens (tertiary/aromatic N) is 3. The zero-order valence-electron chi connectivity index (χ0n) is 14.0. The van der Waals surface area contributed by atoms with Crippen molar-refractivity contribution in [2.45, 2.75) is 0 Å². The summed E-state index contributed by atoms with van der Waals surface area (Å²) in [6.07, 6.45) is 1.72. The number of halogens is 1. The highest BCUT2D eigenvalue weighted by Gasteiger charge is 2.16. The molecule has 0 bridgehead atoms. The van der Waals surface area contributed by atoms with Crippen LogP contribution < -0.4 is 10.7 Å². The zero-order valence-corrected chi connectivity index (χ0v) is 14.8. The molecule has 0 aliphatic rings. The predicted octanol–water partition coefficient (Wildman–Crippen LogP) is 2.54. The first-order valence-electron chi connectivity index (χ1n) is 7.83. The van der Waals surface area contributed by atoms with Gasteiger partial charge in [0, 0.05) is 18.8 Å². The molecule has 4 rings (SSSR count). The third kappa shape index (κ3) is 2.73. The van der Waals surface area contributed by atoms with Gasteiger partial charge in [-0.15, -0.1) is 12.4 Å². The van der Waals surface area contributed by atoms with E-state index in [-0.39, 0.29) is 23.6 Å². The summed E-state index contributed by atoms with van der Waals surface area (Å²) in [5, 5.41) is 14.2. The highest BCUT2D eigenvalue weighted by molar-refractivity contribution is 6.07. The normalized spacial score (nSPS) is 11.5. The molecule has 0 saturated heterocycles. The predicted molar refractivity (Wildman–Crippen MR) is 104 cm³/mol. The van der Waals surface area contributed by atoms with Gasteiger partial charge >= 0.3 is 0 Å². The minimum atomic E-state index is -0.0909. The van der Waals surface area contributed by atoms with Crippen molar-refractivity contribution in [3.63, 3.8) is 0 Å². The number of rotatable bonds is 4. The Bertz CT molecular complexity index is 1110. The smallest absolute Gasteiger partial charge is 0.199 e. The number of phenols is 1. The van der Waals surface area contributed by atoms with E-state index in [1.165, 1.54) is 6.07 Å². The van der Waals surface area contributed by atoms with Crippen LogP contribution in [0.2, 0.25) is 0 Å². The molecule has 7 heteroatoms. The third-order valence-electron chi connectivity index (χ3n) is 4.30. The molecule has 0 unspecified atom stereocenters. The second-order valence-electron chi connectivity index (χ2n) is 6.23. The number of likely N-dealkylation sites (N-methyl/N-ethyl adjacent to an activating group) is 1. The minimum absolute atomic E-state index is 0. The molecule has 6 nitrogen and oxygen atoms in total. The van der Waals surface area contributed by atoms with Crippen LogP contribution in [-0.2, 0) is 0 Å². The van der Waals surface area contributed by atoms with E-state index >= 15 is 0 Å². The maximum Gasteiger partial charge on any atom is 0.199 e. The van der Waals surface area contributed by atoms with Crippen LogP contribution in [0.5, 0.6) is 5.75 Å². The van der Waals surface area contributed by atoms with Crippen LogP contribution in [0.3, 0.4) is 0 Å². The molecule has 4 aromatic rings. The number of phenolic OH excluding ortho intramolecular Hbond substituents is 1. The van der Waals surface area contributed by atoms with E-state index in [1.54, 1.807) is 18.5 Å². The Morgan fingerprint density at radius 3 is 2.80 bits per heavy atom. The molecule has 0 radical (unpaired) electrons. The monoisotopic (exact) mass is 358 g/mol. The van der Waals surface area contributed by atoms with Crippen LogP contribution in [0.1, 0.15) is 0 Å². The Morgan fingerprint density at radius 2 is 2.04 bits per heavy atom. The van der Waals surface area contributed by atoms with E-state index in [9.17, 15) is 9.90 Å². The lowest BCUT2D eigenvalue weighted by atomic mass is 10.1. The number of benzene rings is 2. The number of imidazole rings is 1. The standard InChI is InChI=1S/C18H18N4O2.ClH/c1-21(2)8-7-19-13-4-5-14-17-16(13)18(24)12-9-11(23)3-6-15(12)22(17)10-20-14;/h3-6,9-10,19,23H,7-8H2,1-2H3;1H. The quantitative estimate of drug-likeness (QED) is 0.549. The highest BCUT2D eigenvalue weighted by atomic mass is 35.5. The number of nitrogens with one attached hydrogen (secondary N) is 1. The summed E-state index contributed by atoms with van der Waals surface area (Å²) in [5.74, 6) is 0.0833. The Morgan fingerprint density at radius 1 is 1.24 bits per heavy atom. The molecule has 0 atom stereocenters. The van der Waals surface area contributed by atoms with Gasteiger partial charge in [0.1, 0.15) is 12.1 Å². The lowest BCUT2D eigenvalue weighted by Crippen LogP contribution is -2.21. The van der Waals surface area contributed by atoms with Crippen molar-refractivity contribution in [2.24, 2.45) is 0 Å². The summed E-state index contributed by atoms with van der Waals surface area (Å²) in [6.45, 7) is 1.60. The lowest BCUT2D eigenvalue weighted by molar-refractivity contribution is 0.425. The van der Waals surface area contributed by atoms with Crippen LogP contribution in [0.4, 0.5) is 5.69 Å². The van der Waals surface area contributed by atoms with Gasteiger partial charge in [0.2, 0.25) is 0 Å². The lowest BCUT2D eigenvalue weighted by Gasteiger charge is -2.14. The fourth-order valence-corrected chi connectivity index (χ4v) is 3.13.